The summed E-state index contributed by atoms with van der Waals surface area (Å²) >= 11 is 0. The summed E-state index contributed by atoms with van der Waals surface area (Å²) in [7, 11) is -1.07. The fraction of sp³-hybridized carbons (Fsp3) is 0.389. The minimum absolute atomic E-state index is 0.103. The highest BCUT2D eigenvalue weighted by Crippen LogP contribution is 2.13. The van der Waals surface area contributed by atoms with Crippen LogP contribution in [0.3, 0.4) is 0 Å². The van der Waals surface area contributed by atoms with E-state index in [0.29, 0.717) is 17.3 Å². The fourth-order valence-corrected chi connectivity index (χ4v) is 3.19. The molecule has 23 heavy (non-hydrogen) atoms. The summed E-state index contributed by atoms with van der Waals surface area (Å²) in [6, 6.07) is 11.5. The van der Waals surface area contributed by atoms with Crippen LogP contribution >= 0.6 is 0 Å². The molecule has 0 spiro atoms. The second kappa shape index (κ2) is 8.11. The van der Waals surface area contributed by atoms with E-state index >= 15 is 0 Å². The molecule has 0 aliphatic carbocycles. The first-order valence-electron chi connectivity index (χ1n) is 7.78. The van der Waals surface area contributed by atoms with Gasteiger partial charge in [0, 0.05) is 22.6 Å². The van der Waals surface area contributed by atoms with Crippen molar-refractivity contribution < 1.29 is 13.4 Å². The molecule has 2 rings (SSSR count). The van der Waals surface area contributed by atoms with E-state index in [1.165, 1.54) is 5.56 Å². The molecule has 1 N–H and O–H groups in total. The van der Waals surface area contributed by atoms with Crippen molar-refractivity contribution in [2.75, 3.05) is 0 Å². The number of hydrogen-bond acceptors (Lipinski definition) is 3. The minimum Gasteiger partial charge on any atom is -0.455 e. The van der Waals surface area contributed by atoms with Gasteiger partial charge in [-0.1, -0.05) is 36.8 Å². The molecule has 0 radical (unpaired) electrons. The summed E-state index contributed by atoms with van der Waals surface area (Å²) in [5.41, 5.74) is 2.22. The first-order valence-corrected chi connectivity index (χ1v) is 9.26. The Morgan fingerprint density at radius 3 is 2.52 bits per heavy atom. The highest BCUT2D eigenvalue weighted by molar-refractivity contribution is 7.83. The molecule has 2 unspecified atom stereocenters. The summed E-state index contributed by atoms with van der Waals surface area (Å²) in [6.07, 6.45) is 0.861. The molecule has 1 aromatic heterocycles. The molecule has 1 aromatic carbocycles. The predicted molar refractivity (Wildman–Crippen MR) is 92.7 cm³/mol. The molecule has 0 saturated carbocycles. The lowest BCUT2D eigenvalue weighted by molar-refractivity contribution is 0.0910. The monoisotopic (exact) mass is 333 g/mol. The molecular weight excluding hydrogens is 310 g/mol. The van der Waals surface area contributed by atoms with Gasteiger partial charge in [-0.3, -0.25) is 9.00 Å². The molecule has 5 heteroatoms. The SMILES string of the molecule is CCC(C)NC(=O)c1ccc(CS(=O)Cc2ccc(C)cc2)o1. The molecule has 0 fully saturated rings. The van der Waals surface area contributed by atoms with Gasteiger partial charge >= 0.3 is 0 Å². The van der Waals surface area contributed by atoms with Crippen molar-refractivity contribution in [3.8, 4) is 0 Å². The standard InChI is InChI=1S/C18H23NO3S/c1-4-14(3)19-18(20)17-10-9-16(22-17)12-23(21)11-15-7-5-13(2)6-8-15/h5-10,14H,4,11-12H2,1-3H3,(H,19,20). The lowest BCUT2D eigenvalue weighted by atomic mass is 10.2. The van der Waals surface area contributed by atoms with Gasteiger partial charge < -0.3 is 9.73 Å². The van der Waals surface area contributed by atoms with Gasteiger partial charge in [0.2, 0.25) is 0 Å². The van der Waals surface area contributed by atoms with Crippen molar-refractivity contribution in [1.82, 2.24) is 5.32 Å². The van der Waals surface area contributed by atoms with Crippen LogP contribution in [0.25, 0.3) is 0 Å². The van der Waals surface area contributed by atoms with Crippen LogP contribution in [0.1, 0.15) is 47.7 Å². The Labute approximate surface area is 139 Å². The van der Waals surface area contributed by atoms with Crippen LogP contribution in [0.5, 0.6) is 0 Å². The van der Waals surface area contributed by atoms with Gasteiger partial charge in [0.1, 0.15) is 5.76 Å². The summed E-state index contributed by atoms with van der Waals surface area (Å²) in [5, 5.41) is 2.85. The Hall–Kier alpha value is -1.88. The number of amides is 1. The third kappa shape index (κ3) is 5.36. The summed E-state index contributed by atoms with van der Waals surface area (Å²) < 4.78 is 17.7. The van der Waals surface area contributed by atoms with Crippen LogP contribution in [-0.2, 0) is 22.3 Å². The van der Waals surface area contributed by atoms with Crippen molar-refractivity contribution in [3.05, 3.63) is 59.0 Å². The van der Waals surface area contributed by atoms with Crippen molar-refractivity contribution in [2.45, 2.75) is 44.7 Å². The zero-order chi connectivity index (χ0) is 16.8. The molecular formula is C18H23NO3S. The number of furan rings is 1. The number of hydrogen-bond donors (Lipinski definition) is 1. The van der Waals surface area contributed by atoms with E-state index < -0.39 is 10.8 Å². The second-order valence-corrected chi connectivity index (χ2v) is 7.22. The third-order valence-corrected chi connectivity index (χ3v) is 4.89. The van der Waals surface area contributed by atoms with Gasteiger partial charge in [-0.2, -0.15) is 0 Å². The van der Waals surface area contributed by atoms with E-state index in [9.17, 15) is 9.00 Å². The Balaban J connectivity index is 1.92. The molecule has 1 amide bonds. The molecule has 0 saturated heterocycles. The number of carbonyl (C=O) groups excluding carboxylic acids is 1. The summed E-state index contributed by atoms with van der Waals surface area (Å²) in [5.74, 6) is 1.41. The lowest BCUT2D eigenvalue weighted by Gasteiger charge is -2.09. The Morgan fingerprint density at radius 1 is 1.17 bits per heavy atom. The van der Waals surface area contributed by atoms with Crippen molar-refractivity contribution in [1.29, 1.82) is 0 Å². The third-order valence-electron chi connectivity index (χ3n) is 3.63. The zero-order valence-corrected chi connectivity index (χ0v) is 14.6. The highest BCUT2D eigenvalue weighted by Gasteiger charge is 2.14. The lowest BCUT2D eigenvalue weighted by Crippen LogP contribution is -2.31. The topological polar surface area (TPSA) is 59.3 Å². The highest BCUT2D eigenvalue weighted by atomic mass is 32.2. The zero-order valence-electron chi connectivity index (χ0n) is 13.8. The van der Waals surface area contributed by atoms with Crippen LogP contribution < -0.4 is 5.32 Å². The first-order chi connectivity index (χ1) is 11.0. The number of aryl methyl sites for hydroxylation is 1. The normalized spacial score (nSPS) is 13.5. The van der Waals surface area contributed by atoms with Crippen LogP contribution in [0.15, 0.2) is 40.8 Å². The van der Waals surface area contributed by atoms with Gasteiger partial charge in [0.05, 0.1) is 5.75 Å². The summed E-state index contributed by atoms with van der Waals surface area (Å²) in [6.45, 7) is 5.97. The van der Waals surface area contributed by atoms with E-state index in [-0.39, 0.29) is 17.7 Å². The van der Waals surface area contributed by atoms with Crippen molar-refractivity contribution in [3.63, 3.8) is 0 Å². The van der Waals surface area contributed by atoms with Crippen LogP contribution in [-0.4, -0.2) is 16.2 Å². The van der Waals surface area contributed by atoms with E-state index in [4.69, 9.17) is 4.42 Å². The Bertz CT molecular complexity index is 676. The average molecular weight is 333 g/mol. The molecule has 4 nitrogen and oxygen atoms in total. The van der Waals surface area contributed by atoms with Crippen LogP contribution in [0, 0.1) is 6.92 Å². The van der Waals surface area contributed by atoms with Gasteiger partial charge in [-0.05, 0) is 38.0 Å². The quantitative estimate of drug-likeness (QED) is 0.843. The molecule has 0 bridgehead atoms. The van der Waals surface area contributed by atoms with E-state index in [1.54, 1.807) is 12.1 Å². The number of carbonyl (C=O) groups is 1. The van der Waals surface area contributed by atoms with Gasteiger partial charge in [-0.15, -0.1) is 0 Å². The maximum absolute atomic E-state index is 12.2. The van der Waals surface area contributed by atoms with Gasteiger partial charge in [0.15, 0.2) is 5.76 Å². The minimum atomic E-state index is -1.07. The molecule has 2 aromatic rings. The average Bonchev–Trinajstić information content (AvgIpc) is 2.98. The molecule has 0 aliphatic heterocycles. The molecule has 124 valence electrons. The van der Waals surface area contributed by atoms with E-state index in [1.807, 2.05) is 45.0 Å². The van der Waals surface area contributed by atoms with E-state index in [0.717, 1.165) is 12.0 Å². The van der Waals surface area contributed by atoms with Gasteiger partial charge in [-0.25, -0.2) is 0 Å². The Morgan fingerprint density at radius 2 is 1.87 bits per heavy atom. The smallest absolute Gasteiger partial charge is 0.287 e. The second-order valence-electron chi connectivity index (χ2n) is 5.76. The summed E-state index contributed by atoms with van der Waals surface area (Å²) in [4.78, 5) is 12.0. The van der Waals surface area contributed by atoms with Gasteiger partial charge in [0.25, 0.3) is 5.91 Å². The number of rotatable bonds is 7. The predicted octanol–water partition coefficient (Wildman–Crippen LogP) is 3.57. The van der Waals surface area contributed by atoms with Crippen LogP contribution in [0.4, 0.5) is 0 Å². The fourth-order valence-electron chi connectivity index (χ4n) is 2.05. The largest absolute Gasteiger partial charge is 0.455 e. The molecule has 0 aliphatic rings. The van der Waals surface area contributed by atoms with Crippen molar-refractivity contribution >= 4 is 16.7 Å². The number of nitrogens with one attached hydrogen (secondary N) is 1. The Kier molecular flexibility index (Phi) is 6.16. The van der Waals surface area contributed by atoms with Crippen molar-refractivity contribution in [2.24, 2.45) is 0 Å². The van der Waals surface area contributed by atoms with Crippen LogP contribution in [0.2, 0.25) is 0 Å². The first kappa shape index (κ1) is 17.5. The maximum atomic E-state index is 12.2. The molecule has 2 atom stereocenters. The number of benzene rings is 1. The van der Waals surface area contributed by atoms with E-state index in [2.05, 4.69) is 5.32 Å². The maximum Gasteiger partial charge on any atom is 0.287 e. The molecule has 1 heterocycles.